The number of anilines is 1. The molecule has 0 saturated carbocycles. The molecule has 106 valence electrons. The van der Waals surface area contributed by atoms with E-state index in [0.29, 0.717) is 6.61 Å². The van der Waals surface area contributed by atoms with Crippen molar-refractivity contribution in [2.75, 3.05) is 19.0 Å². The number of aryl methyl sites for hydroxylation is 2. The molecular formula is C17H20BrNO. The quantitative estimate of drug-likeness (QED) is 0.843. The summed E-state index contributed by atoms with van der Waals surface area (Å²) in [6.07, 6.45) is 0. The van der Waals surface area contributed by atoms with Crippen LogP contribution in [-0.2, 0) is 4.74 Å². The van der Waals surface area contributed by atoms with Gasteiger partial charge in [-0.2, -0.15) is 0 Å². The molecule has 0 aliphatic carbocycles. The van der Waals surface area contributed by atoms with Gasteiger partial charge in [0.15, 0.2) is 0 Å². The second kappa shape index (κ2) is 6.91. The Kier molecular flexibility index (Phi) is 5.21. The molecule has 2 aromatic carbocycles. The Morgan fingerprint density at radius 3 is 2.45 bits per heavy atom. The van der Waals surface area contributed by atoms with Crippen LogP contribution < -0.4 is 5.32 Å². The Morgan fingerprint density at radius 1 is 1.15 bits per heavy atom. The lowest BCUT2D eigenvalue weighted by atomic mass is 10.1. The van der Waals surface area contributed by atoms with Gasteiger partial charge in [0.2, 0.25) is 0 Å². The van der Waals surface area contributed by atoms with Crippen LogP contribution in [0.4, 0.5) is 5.69 Å². The van der Waals surface area contributed by atoms with E-state index in [4.69, 9.17) is 4.74 Å². The summed E-state index contributed by atoms with van der Waals surface area (Å²) in [5.41, 5.74) is 4.83. The fourth-order valence-electron chi connectivity index (χ4n) is 2.35. The van der Waals surface area contributed by atoms with Gasteiger partial charge in [0.25, 0.3) is 0 Å². The maximum absolute atomic E-state index is 5.36. The molecule has 3 heteroatoms. The first-order valence-electron chi connectivity index (χ1n) is 6.69. The van der Waals surface area contributed by atoms with Crippen LogP contribution in [0, 0.1) is 13.8 Å². The second-order valence-electron chi connectivity index (χ2n) is 5.00. The SMILES string of the molecule is COCC(Nc1c(C)cc(C)cc1Br)c1ccccc1. The minimum absolute atomic E-state index is 0.138. The van der Waals surface area contributed by atoms with Crippen molar-refractivity contribution >= 4 is 21.6 Å². The number of hydrogen-bond donors (Lipinski definition) is 1. The van der Waals surface area contributed by atoms with Gasteiger partial charge >= 0.3 is 0 Å². The Bertz CT molecular complexity index is 545. The monoisotopic (exact) mass is 333 g/mol. The van der Waals surface area contributed by atoms with Crippen molar-refractivity contribution in [2.45, 2.75) is 19.9 Å². The van der Waals surface area contributed by atoms with Crippen molar-refractivity contribution in [3.8, 4) is 0 Å². The van der Waals surface area contributed by atoms with E-state index in [1.807, 2.05) is 6.07 Å². The van der Waals surface area contributed by atoms with E-state index in [0.717, 1.165) is 10.2 Å². The summed E-state index contributed by atoms with van der Waals surface area (Å²) in [4.78, 5) is 0. The van der Waals surface area contributed by atoms with Crippen LogP contribution in [0.25, 0.3) is 0 Å². The topological polar surface area (TPSA) is 21.3 Å². The van der Waals surface area contributed by atoms with E-state index in [-0.39, 0.29) is 6.04 Å². The van der Waals surface area contributed by atoms with Crippen LogP contribution in [0.2, 0.25) is 0 Å². The van der Waals surface area contributed by atoms with Gasteiger partial charge in [-0.1, -0.05) is 36.4 Å². The van der Waals surface area contributed by atoms with Crippen molar-refractivity contribution in [1.82, 2.24) is 0 Å². The highest BCUT2D eigenvalue weighted by Gasteiger charge is 2.14. The zero-order chi connectivity index (χ0) is 14.5. The van der Waals surface area contributed by atoms with Gasteiger partial charge in [-0.25, -0.2) is 0 Å². The standard InChI is InChI=1S/C17H20BrNO/c1-12-9-13(2)17(15(18)10-12)19-16(11-20-3)14-7-5-4-6-8-14/h4-10,16,19H,11H2,1-3H3. The van der Waals surface area contributed by atoms with E-state index in [9.17, 15) is 0 Å². The molecule has 2 aromatic rings. The highest BCUT2D eigenvalue weighted by atomic mass is 79.9. The van der Waals surface area contributed by atoms with Crippen LogP contribution >= 0.6 is 15.9 Å². The van der Waals surface area contributed by atoms with E-state index < -0.39 is 0 Å². The lowest BCUT2D eigenvalue weighted by Crippen LogP contribution is -2.17. The molecule has 1 atom stereocenters. The number of rotatable bonds is 5. The number of halogens is 1. The molecule has 0 fully saturated rings. The van der Waals surface area contributed by atoms with Gasteiger partial charge in [0.05, 0.1) is 18.3 Å². The van der Waals surface area contributed by atoms with Crippen LogP contribution in [0.3, 0.4) is 0 Å². The number of nitrogens with one attached hydrogen (secondary N) is 1. The predicted molar refractivity (Wildman–Crippen MR) is 88.3 cm³/mol. The highest BCUT2D eigenvalue weighted by molar-refractivity contribution is 9.10. The molecule has 0 radical (unpaired) electrons. The van der Waals surface area contributed by atoms with Crippen molar-refractivity contribution in [3.63, 3.8) is 0 Å². The van der Waals surface area contributed by atoms with E-state index in [1.165, 1.54) is 16.7 Å². The van der Waals surface area contributed by atoms with Gasteiger partial charge in [0, 0.05) is 11.6 Å². The summed E-state index contributed by atoms with van der Waals surface area (Å²) in [6.45, 7) is 4.85. The molecule has 0 spiro atoms. The van der Waals surface area contributed by atoms with Crippen molar-refractivity contribution in [2.24, 2.45) is 0 Å². The van der Waals surface area contributed by atoms with Gasteiger partial charge in [-0.15, -0.1) is 0 Å². The lowest BCUT2D eigenvalue weighted by Gasteiger charge is -2.22. The zero-order valence-corrected chi connectivity index (χ0v) is 13.7. The number of ether oxygens (including phenoxy) is 1. The molecule has 0 amide bonds. The molecule has 0 aliphatic heterocycles. The highest BCUT2D eigenvalue weighted by Crippen LogP contribution is 2.31. The minimum atomic E-state index is 0.138. The van der Waals surface area contributed by atoms with E-state index in [2.05, 4.69) is 71.5 Å². The molecule has 0 saturated heterocycles. The summed E-state index contributed by atoms with van der Waals surface area (Å²) >= 11 is 3.65. The van der Waals surface area contributed by atoms with Gasteiger partial charge in [-0.3, -0.25) is 0 Å². The maximum Gasteiger partial charge on any atom is 0.0748 e. The third-order valence-corrected chi connectivity index (χ3v) is 3.91. The van der Waals surface area contributed by atoms with Crippen LogP contribution in [0.5, 0.6) is 0 Å². The minimum Gasteiger partial charge on any atom is -0.382 e. The maximum atomic E-state index is 5.36. The number of benzene rings is 2. The van der Waals surface area contributed by atoms with Crippen LogP contribution in [-0.4, -0.2) is 13.7 Å². The van der Waals surface area contributed by atoms with E-state index >= 15 is 0 Å². The fourth-order valence-corrected chi connectivity index (χ4v) is 3.13. The Labute approximate surface area is 129 Å². The van der Waals surface area contributed by atoms with Crippen LogP contribution in [0.1, 0.15) is 22.7 Å². The third-order valence-electron chi connectivity index (χ3n) is 3.29. The normalized spacial score (nSPS) is 12.2. The molecule has 1 unspecified atom stereocenters. The first-order valence-corrected chi connectivity index (χ1v) is 7.48. The Hall–Kier alpha value is -1.32. The van der Waals surface area contributed by atoms with Gasteiger partial charge in [0.1, 0.15) is 0 Å². The van der Waals surface area contributed by atoms with E-state index in [1.54, 1.807) is 7.11 Å². The zero-order valence-electron chi connectivity index (χ0n) is 12.1. The Balaban J connectivity index is 2.30. The summed E-state index contributed by atoms with van der Waals surface area (Å²) in [7, 11) is 1.73. The van der Waals surface area contributed by atoms with Crippen molar-refractivity contribution in [1.29, 1.82) is 0 Å². The molecule has 0 aliphatic rings. The largest absolute Gasteiger partial charge is 0.382 e. The lowest BCUT2D eigenvalue weighted by molar-refractivity contribution is 0.186. The molecule has 0 heterocycles. The summed E-state index contributed by atoms with van der Waals surface area (Å²) < 4.78 is 6.45. The third kappa shape index (κ3) is 3.62. The smallest absolute Gasteiger partial charge is 0.0748 e. The Morgan fingerprint density at radius 2 is 1.85 bits per heavy atom. The molecule has 1 N–H and O–H groups in total. The average Bonchev–Trinajstić information content (AvgIpc) is 2.42. The molecule has 20 heavy (non-hydrogen) atoms. The van der Waals surface area contributed by atoms with Crippen molar-refractivity contribution < 1.29 is 4.74 Å². The molecule has 2 nitrogen and oxygen atoms in total. The molecular weight excluding hydrogens is 314 g/mol. The van der Waals surface area contributed by atoms with Gasteiger partial charge < -0.3 is 10.1 Å². The van der Waals surface area contributed by atoms with Gasteiger partial charge in [-0.05, 0) is 52.5 Å². The summed E-state index contributed by atoms with van der Waals surface area (Å²) in [5.74, 6) is 0. The average molecular weight is 334 g/mol. The summed E-state index contributed by atoms with van der Waals surface area (Å²) in [5, 5.41) is 3.59. The first kappa shape index (κ1) is 15.1. The fraction of sp³-hybridized carbons (Fsp3) is 0.294. The molecule has 0 aromatic heterocycles. The number of methoxy groups -OCH3 is 1. The second-order valence-corrected chi connectivity index (χ2v) is 5.86. The summed E-state index contributed by atoms with van der Waals surface area (Å²) in [6, 6.07) is 14.8. The number of hydrogen-bond acceptors (Lipinski definition) is 2. The first-order chi connectivity index (χ1) is 9.61. The molecule has 0 bridgehead atoms. The molecule has 2 rings (SSSR count). The van der Waals surface area contributed by atoms with Crippen molar-refractivity contribution in [3.05, 3.63) is 63.6 Å². The van der Waals surface area contributed by atoms with Crippen LogP contribution in [0.15, 0.2) is 46.9 Å². The predicted octanol–water partition coefficient (Wildman–Crippen LogP) is 4.87.